The van der Waals surface area contributed by atoms with E-state index in [1.54, 1.807) is 0 Å². The number of aliphatic hydroxyl groups is 1. The fourth-order valence-corrected chi connectivity index (χ4v) is 3.09. The monoisotopic (exact) mass is 261 g/mol. The molecule has 0 radical (unpaired) electrons. The number of sulfonamides is 1. The molecular weight excluding hydrogens is 247 g/mol. The van der Waals surface area contributed by atoms with Crippen LogP contribution in [0.3, 0.4) is 0 Å². The van der Waals surface area contributed by atoms with Gasteiger partial charge in [-0.25, -0.2) is 8.42 Å². The van der Waals surface area contributed by atoms with Crippen LogP contribution in [0, 0.1) is 0 Å². The fraction of sp³-hybridized carbons (Fsp3) is 1.00. The molecule has 0 aromatic carbocycles. The van der Waals surface area contributed by atoms with Crippen molar-refractivity contribution in [2.24, 2.45) is 0 Å². The summed E-state index contributed by atoms with van der Waals surface area (Å²) in [4.78, 5) is 0. The second-order valence-electron chi connectivity index (χ2n) is 3.78. The van der Waals surface area contributed by atoms with E-state index in [-0.39, 0.29) is 13.0 Å². The molecule has 96 valence electrons. The summed E-state index contributed by atoms with van der Waals surface area (Å²) in [5.41, 5.74) is 0. The summed E-state index contributed by atoms with van der Waals surface area (Å²) in [6.45, 7) is -1.77. The minimum Gasteiger partial charge on any atom is -0.396 e. The molecule has 0 atom stereocenters. The first-order valence-corrected chi connectivity index (χ1v) is 6.54. The fourth-order valence-electron chi connectivity index (χ4n) is 1.36. The van der Waals surface area contributed by atoms with Gasteiger partial charge in [0.05, 0.1) is 5.75 Å². The Balaban J connectivity index is 2.69. The Bertz CT molecular complexity index is 324. The third-order valence-electron chi connectivity index (χ3n) is 2.21. The molecule has 0 aromatic rings. The van der Waals surface area contributed by atoms with E-state index in [9.17, 15) is 21.6 Å². The van der Waals surface area contributed by atoms with Crippen LogP contribution < -0.4 is 0 Å². The quantitative estimate of drug-likeness (QED) is 0.766. The lowest BCUT2D eigenvalue weighted by atomic mass is 10.5. The summed E-state index contributed by atoms with van der Waals surface area (Å²) in [5, 5.41) is 8.49. The molecule has 1 fully saturated rings. The number of halogens is 3. The Kier molecular flexibility index (Phi) is 4.19. The van der Waals surface area contributed by atoms with Crippen molar-refractivity contribution in [3.05, 3.63) is 0 Å². The van der Waals surface area contributed by atoms with Gasteiger partial charge in [0.15, 0.2) is 0 Å². The van der Waals surface area contributed by atoms with Crippen molar-refractivity contribution in [1.29, 1.82) is 0 Å². The van der Waals surface area contributed by atoms with Gasteiger partial charge in [0.25, 0.3) is 0 Å². The molecule has 4 nitrogen and oxygen atoms in total. The lowest BCUT2D eigenvalue weighted by molar-refractivity contribution is -0.137. The third-order valence-corrected chi connectivity index (χ3v) is 4.15. The number of hydrogen-bond donors (Lipinski definition) is 1. The maximum Gasteiger partial charge on any atom is 0.402 e. The predicted molar refractivity (Wildman–Crippen MR) is 51.3 cm³/mol. The van der Waals surface area contributed by atoms with Crippen LogP contribution >= 0.6 is 0 Å². The highest BCUT2D eigenvalue weighted by Crippen LogP contribution is 2.32. The van der Waals surface area contributed by atoms with Crippen LogP contribution in [0.15, 0.2) is 0 Å². The Morgan fingerprint density at radius 3 is 2.25 bits per heavy atom. The lowest BCUT2D eigenvalue weighted by Gasteiger charge is -2.22. The molecule has 1 N–H and O–H groups in total. The van der Waals surface area contributed by atoms with E-state index in [4.69, 9.17) is 5.11 Å². The highest BCUT2D eigenvalue weighted by Gasteiger charge is 2.43. The standard InChI is InChI=1S/C8H14F3NO3S/c9-8(10,11)6-12(7-2-3-7)16(14,15)5-1-4-13/h7,13H,1-6H2. The number of rotatable bonds is 6. The largest absolute Gasteiger partial charge is 0.402 e. The van der Waals surface area contributed by atoms with Gasteiger partial charge in [0, 0.05) is 12.6 Å². The van der Waals surface area contributed by atoms with Gasteiger partial charge < -0.3 is 5.11 Å². The zero-order chi connectivity index (χ0) is 12.4. The van der Waals surface area contributed by atoms with Gasteiger partial charge in [-0.3, -0.25) is 0 Å². The summed E-state index contributed by atoms with van der Waals surface area (Å²) >= 11 is 0. The Labute approximate surface area is 92.1 Å². The Hall–Kier alpha value is -0.340. The predicted octanol–water partition coefficient (Wildman–Crippen LogP) is 0.725. The second-order valence-corrected chi connectivity index (χ2v) is 5.83. The van der Waals surface area contributed by atoms with Crippen LogP contribution in [-0.4, -0.2) is 49.0 Å². The number of nitrogens with zero attached hydrogens (tertiary/aromatic N) is 1. The van der Waals surface area contributed by atoms with Crippen LogP contribution in [0.25, 0.3) is 0 Å². The molecule has 0 aromatic heterocycles. The van der Waals surface area contributed by atoms with Gasteiger partial charge in [0.2, 0.25) is 10.0 Å². The van der Waals surface area contributed by atoms with Crippen molar-refractivity contribution in [2.75, 3.05) is 18.9 Å². The second kappa shape index (κ2) is 4.89. The summed E-state index contributed by atoms with van der Waals surface area (Å²) < 4.78 is 60.2. The van der Waals surface area contributed by atoms with Gasteiger partial charge in [-0.1, -0.05) is 0 Å². The molecule has 0 bridgehead atoms. The minimum atomic E-state index is -4.52. The van der Waals surface area contributed by atoms with E-state index < -0.39 is 34.5 Å². The molecule has 8 heteroatoms. The van der Waals surface area contributed by atoms with E-state index in [2.05, 4.69) is 0 Å². The molecule has 1 saturated carbocycles. The van der Waals surface area contributed by atoms with Crippen LogP contribution in [0.1, 0.15) is 19.3 Å². The first-order chi connectivity index (χ1) is 7.26. The SMILES string of the molecule is O=S(=O)(CCCO)N(CC(F)(F)F)C1CC1. The molecule has 0 spiro atoms. The van der Waals surface area contributed by atoms with Gasteiger partial charge in [-0.15, -0.1) is 0 Å². The Morgan fingerprint density at radius 1 is 1.31 bits per heavy atom. The topological polar surface area (TPSA) is 57.6 Å². The average molecular weight is 261 g/mol. The molecule has 0 heterocycles. The van der Waals surface area contributed by atoms with Crippen molar-refractivity contribution >= 4 is 10.0 Å². The number of aliphatic hydroxyl groups excluding tert-OH is 1. The number of hydrogen-bond acceptors (Lipinski definition) is 3. The molecule has 0 aliphatic heterocycles. The zero-order valence-corrected chi connectivity index (χ0v) is 9.39. The average Bonchev–Trinajstić information content (AvgIpc) is 2.92. The molecule has 0 amide bonds. The lowest BCUT2D eigenvalue weighted by Crippen LogP contribution is -2.41. The maximum absolute atomic E-state index is 12.2. The van der Waals surface area contributed by atoms with Gasteiger partial charge >= 0.3 is 6.18 Å². The van der Waals surface area contributed by atoms with E-state index in [1.807, 2.05) is 0 Å². The van der Waals surface area contributed by atoms with Crippen LogP contribution in [0.2, 0.25) is 0 Å². The number of alkyl halides is 3. The van der Waals surface area contributed by atoms with Crippen molar-refractivity contribution in [3.8, 4) is 0 Å². The highest BCUT2D eigenvalue weighted by molar-refractivity contribution is 7.89. The van der Waals surface area contributed by atoms with Gasteiger partial charge in [-0.2, -0.15) is 17.5 Å². The van der Waals surface area contributed by atoms with E-state index >= 15 is 0 Å². The van der Waals surface area contributed by atoms with Gasteiger partial charge in [0.1, 0.15) is 6.54 Å². The van der Waals surface area contributed by atoms with E-state index in [0.717, 1.165) is 0 Å². The normalized spacial score (nSPS) is 18.1. The molecule has 1 rings (SSSR count). The molecule has 16 heavy (non-hydrogen) atoms. The smallest absolute Gasteiger partial charge is 0.396 e. The van der Waals surface area contributed by atoms with E-state index in [0.29, 0.717) is 17.1 Å². The van der Waals surface area contributed by atoms with Crippen LogP contribution in [0.4, 0.5) is 13.2 Å². The first kappa shape index (κ1) is 13.7. The Morgan fingerprint density at radius 2 is 1.88 bits per heavy atom. The van der Waals surface area contributed by atoms with Crippen molar-refractivity contribution in [2.45, 2.75) is 31.5 Å². The first-order valence-electron chi connectivity index (χ1n) is 4.93. The zero-order valence-electron chi connectivity index (χ0n) is 8.57. The van der Waals surface area contributed by atoms with Crippen molar-refractivity contribution in [3.63, 3.8) is 0 Å². The minimum absolute atomic E-state index is 0.0383. The van der Waals surface area contributed by atoms with E-state index in [1.165, 1.54) is 0 Å². The van der Waals surface area contributed by atoms with Gasteiger partial charge in [-0.05, 0) is 19.3 Å². The van der Waals surface area contributed by atoms with Crippen LogP contribution in [-0.2, 0) is 10.0 Å². The van der Waals surface area contributed by atoms with Crippen molar-refractivity contribution < 1.29 is 26.7 Å². The third kappa shape index (κ3) is 4.26. The summed E-state index contributed by atoms with van der Waals surface area (Å²) in [6.07, 6.45) is -3.60. The molecule has 1 aliphatic carbocycles. The molecule has 0 saturated heterocycles. The molecule has 1 aliphatic rings. The molecule has 0 unspecified atom stereocenters. The molecular formula is C8H14F3NO3S. The van der Waals surface area contributed by atoms with Crippen molar-refractivity contribution in [1.82, 2.24) is 4.31 Å². The highest BCUT2D eigenvalue weighted by atomic mass is 32.2. The summed E-state index contributed by atoms with van der Waals surface area (Å²) in [5.74, 6) is -0.434. The summed E-state index contributed by atoms with van der Waals surface area (Å²) in [6, 6.07) is -0.509. The maximum atomic E-state index is 12.2. The summed E-state index contributed by atoms with van der Waals surface area (Å²) in [7, 11) is -3.90. The van der Waals surface area contributed by atoms with Crippen LogP contribution in [0.5, 0.6) is 0 Å².